The first-order chi connectivity index (χ1) is 12.7. The number of hydrogen-bond acceptors (Lipinski definition) is 5. The molecule has 0 saturated carbocycles. The molecule has 1 aliphatic heterocycles. The van der Waals surface area contributed by atoms with Crippen LogP contribution in [0.5, 0.6) is 0 Å². The monoisotopic (exact) mass is 363 g/mol. The van der Waals surface area contributed by atoms with Gasteiger partial charge in [-0.15, -0.1) is 0 Å². The van der Waals surface area contributed by atoms with Crippen LogP contribution in [0.2, 0.25) is 0 Å². The van der Waals surface area contributed by atoms with Gasteiger partial charge in [-0.25, -0.2) is 4.98 Å². The summed E-state index contributed by atoms with van der Waals surface area (Å²) in [5.74, 6) is 1.76. The largest absolute Gasteiger partial charge is 0.396 e. The predicted octanol–water partition coefficient (Wildman–Crippen LogP) is 1.38. The van der Waals surface area contributed by atoms with Gasteiger partial charge in [0.2, 0.25) is 0 Å². The summed E-state index contributed by atoms with van der Waals surface area (Å²) in [4.78, 5) is 11.1. The molecule has 1 fully saturated rings. The number of ether oxygens (including phenoxy) is 1. The Balaban J connectivity index is 1.85. The van der Waals surface area contributed by atoms with Crippen LogP contribution in [-0.4, -0.2) is 62.6 Å². The van der Waals surface area contributed by atoms with E-state index in [1.54, 1.807) is 7.05 Å². The Bertz CT molecular complexity index is 552. The van der Waals surface area contributed by atoms with Crippen molar-refractivity contribution in [3.8, 4) is 0 Å². The highest BCUT2D eigenvalue weighted by molar-refractivity contribution is 5.79. The second-order valence-corrected chi connectivity index (χ2v) is 6.75. The summed E-state index contributed by atoms with van der Waals surface area (Å²) in [5, 5.41) is 16.0. The number of nitrogens with one attached hydrogen (secondary N) is 2. The van der Waals surface area contributed by atoms with Gasteiger partial charge in [0, 0.05) is 58.1 Å². The lowest BCUT2D eigenvalue weighted by Crippen LogP contribution is -2.44. The summed E-state index contributed by atoms with van der Waals surface area (Å²) >= 11 is 0. The molecule has 0 bridgehead atoms. The SMILES string of the molecule is CCN(CC)c1ccc(CNC(=NC)NCC2(CCO)CCOC2)cn1. The van der Waals surface area contributed by atoms with Gasteiger partial charge in [-0.05, 0) is 38.3 Å². The third-order valence-electron chi connectivity index (χ3n) is 5.04. The van der Waals surface area contributed by atoms with E-state index in [1.165, 1.54) is 0 Å². The Morgan fingerprint density at radius 2 is 2.15 bits per heavy atom. The highest BCUT2D eigenvalue weighted by Gasteiger charge is 2.34. The lowest BCUT2D eigenvalue weighted by Gasteiger charge is -2.27. The Morgan fingerprint density at radius 1 is 1.35 bits per heavy atom. The highest BCUT2D eigenvalue weighted by Crippen LogP contribution is 2.31. The Kier molecular flexibility index (Phi) is 8.12. The van der Waals surface area contributed by atoms with Gasteiger partial charge in [-0.2, -0.15) is 0 Å². The third-order valence-corrected chi connectivity index (χ3v) is 5.04. The molecule has 3 N–H and O–H groups in total. The molecule has 7 heteroatoms. The van der Waals surface area contributed by atoms with E-state index in [-0.39, 0.29) is 12.0 Å². The van der Waals surface area contributed by atoms with Crippen molar-refractivity contribution < 1.29 is 9.84 Å². The van der Waals surface area contributed by atoms with Gasteiger partial charge in [0.1, 0.15) is 5.82 Å². The van der Waals surface area contributed by atoms with E-state index in [0.29, 0.717) is 13.2 Å². The Labute approximate surface area is 156 Å². The van der Waals surface area contributed by atoms with E-state index in [9.17, 15) is 5.11 Å². The zero-order valence-corrected chi connectivity index (χ0v) is 16.3. The van der Waals surface area contributed by atoms with E-state index >= 15 is 0 Å². The fourth-order valence-electron chi connectivity index (χ4n) is 3.25. The molecule has 1 atom stereocenters. The molecule has 1 saturated heterocycles. The van der Waals surface area contributed by atoms with Crippen LogP contribution in [0.1, 0.15) is 32.3 Å². The standard InChI is InChI=1S/C19H33N5O2/c1-4-24(5-2)17-7-6-16(12-21-17)13-22-18(20-3)23-14-19(8-10-25)9-11-26-15-19/h6-7,12,25H,4-5,8-11,13-15H2,1-3H3,(H2,20,22,23). The minimum atomic E-state index is -0.000657. The van der Waals surface area contributed by atoms with Gasteiger partial charge < -0.3 is 25.4 Å². The first-order valence-electron chi connectivity index (χ1n) is 9.49. The third kappa shape index (κ3) is 5.57. The number of aliphatic hydroxyl groups excluding tert-OH is 1. The van der Waals surface area contributed by atoms with Gasteiger partial charge >= 0.3 is 0 Å². The fourth-order valence-corrected chi connectivity index (χ4v) is 3.25. The summed E-state index contributed by atoms with van der Waals surface area (Å²) in [5.41, 5.74) is 1.11. The fraction of sp³-hybridized carbons (Fsp3) is 0.684. The summed E-state index contributed by atoms with van der Waals surface area (Å²) in [6.07, 6.45) is 3.62. The van der Waals surface area contributed by atoms with Crippen molar-refractivity contribution in [1.29, 1.82) is 0 Å². The molecule has 0 aliphatic carbocycles. The molecule has 7 nitrogen and oxygen atoms in total. The number of aliphatic imine (C=N–C) groups is 1. The van der Waals surface area contributed by atoms with E-state index in [0.717, 1.165) is 56.4 Å². The highest BCUT2D eigenvalue weighted by atomic mass is 16.5. The number of rotatable bonds is 9. The summed E-state index contributed by atoms with van der Waals surface area (Å²) in [6.45, 7) is 9.22. The molecule has 1 aromatic rings. The average Bonchev–Trinajstić information content (AvgIpc) is 3.13. The molecule has 0 amide bonds. The van der Waals surface area contributed by atoms with Crippen molar-refractivity contribution in [2.24, 2.45) is 10.4 Å². The number of pyridine rings is 1. The van der Waals surface area contributed by atoms with Gasteiger partial charge in [0.25, 0.3) is 0 Å². The molecular formula is C19H33N5O2. The lowest BCUT2D eigenvalue weighted by molar-refractivity contribution is 0.127. The quantitative estimate of drug-likeness (QED) is 0.454. The van der Waals surface area contributed by atoms with Gasteiger partial charge in [-0.1, -0.05) is 6.07 Å². The van der Waals surface area contributed by atoms with Crippen molar-refractivity contribution in [1.82, 2.24) is 15.6 Å². The lowest BCUT2D eigenvalue weighted by atomic mass is 9.84. The maximum Gasteiger partial charge on any atom is 0.191 e. The molecule has 0 aromatic carbocycles. The van der Waals surface area contributed by atoms with E-state index in [1.807, 2.05) is 6.20 Å². The molecule has 1 aliphatic rings. The number of nitrogens with zero attached hydrogens (tertiary/aromatic N) is 3. The van der Waals surface area contributed by atoms with Crippen LogP contribution in [0, 0.1) is 5.41 Å². The zero-order valence-electron chi connectivity index (χ0n) is 16.3. The summed E-state index contributed by atoms with van der Waals surface area (Å²) in [7, 11) is 1.76. The first-order valence-corrected chi connectivity index (χ1v) is 9.49. The van der Waals surface area contributed by atoms with Gasteiger partial charge in [0.15, 0.2) is 5.96 Å². The van der Waals surface area contributed by atoms with Crippen LogP contribution in [0.25, 0.3) is 0 Å². The summed E-state index contributed by atoms with van der Waals surface area (Å²) < 4.78 is 5.53. The molecule has 26 heavy (non-hydrogen) atoms. The second-order valence-electron chi connectivity index (χ2n) is 6.75. The van der Waals surface area contributed by atoms with Crippen LogP contribution < -0.4 is 15.5 Å². The van der Waals surface area contributed by atoms with Crippen molar-refractivity contribution in [2.75, 3.05) is 51.4 Å². The molecule has 2 heterocycles. The molecule has 0 radical (unpaired) electrons. The minimum Gasteiger partial charge on any atom is -0.396 e. The number of hydrogen-bond donors (Lipinski definition) is 3. The maximum atomic E-state index is 9.32. The van der Waals surface area contributed by atoms with Crippen molar-refractivity contribution in [2.45, 2.75) is 33.2 Å². The summed E-state index contributed by atoms with van der Waals surface area (Å²) in [6, 6.07) is 4.16. The van der Waals surface area contributed by atoms with Crippen molar-refractivity contribution in [3.05, 3.63) is 23.9 Å². The Morgan fingerprint density at radius 3 is 2.69 bits per heavy atom. The van der Waals surface area contributed by atoms with Gasteiger partial charge in [0.05, 0.1) is 6.61 Å². The van der Waals surface area contributed by atoms with Crippen LogP contribution in [-0.2, 0) is 11.3 Å². The van der Waals surface area contributed by atoms with E-state index < -0.39 is 0 Å². The molecule has 0 spiro atoms. The number of aliphatic hydroxyl groups is 1. The Hall–Kier alpha value is -1.86. The molecule has 2 rings (SSSR count). The van der Waals surface area contributed by atoms with E-state index in [4.69, 9.17) is 4.74 Å². The van der Waals surface area contributed by atoms with Crippen molar-refractivity contribution >= 4 is 11.8 Å². The number of guanidine groups is 1. The normalized spacial score (nSPS) is 20.2. The number of aromatic nitrogens is 1. The van der Waals surface area contributed by atoms with Crippen LogP contribution in [0.15, 0.2) is 23.3 Å². The molecule has 1 unspecified atom stereocenters. The molecular weight excluding hydrogens is 330 g/mol. The number of anilines is 1. The van der Waals surface area contributed by atoms with Crippen LogP contribution >= 0.6 is 0 Å². The first kappa shape index (κ1) is 20.5. The average molecular weight is 364 g/mol. The van der Waals surface area contributed by atoms with Crippen LogP contribution in [0.3, 0.4) is 0 Å². The van der Waals surface area contributed by atoms with E-state index in [2.05, 4.69) is 51.5 Å². The maximum absolute atomic E-state index is 9.32. The molecule has 1 aromatic heterocycles. The smallest absolute Gasteiger partial charge is 0.191 e. The topological polar surface area (TPSA) is 82.0 Å². The molecule has 146 valence electrons. The van der Waals surface area contributed by atoms with Gasteiger partial charge in [-0.3, -0.25) is 4.99 Å². The predicted molar refractivity (Wildman–Crippen MR) is 106 cm³/mol. The second kappa shape index (κ2) is 10.3. The van der Waals surface area contributed by atoms with Crippen LogP contribution in [0.4, 0.5) is 5.82 Å². The minimum absolute atomic E-state index is 0.000657. The van der Waals surface area contributed by atoms with Crippen molar-refractivity contribution in [3.63, 3.8) is 0 Å². The zero-order chi connectivity index (χ0) is 18.8.